The average molecular weight is 296 g/mol. The largest absolute Gasteiger partial charge is 0.359 e. The third kappa shape index (κ3) is 2.97. The Balaban J connectivity index is 1.67. The highest BCUT2D eigenvalue weighted by Crippen LogP contribution is 2.36. The van der Waals surface area contributed by atoms with Crippen molar-refractivity contribution in [2.24, 2.45) is 4.99 Å². The molecule has 1 heterocycles. The minimum Gasteiger partial charge on any atom is -0.359 e. The van der Waals surface area contributed by atoms with Gasteiger partial charge in [-0.15, -0.1) is 0 Å². The summed E-state index contributed by atoms with van der Waals surface area (Å²) < 4.78 is 26.6. The van der Waals surface area contributed by atoms with Crippen LogP contribution >= 0.6 is 11.8 Å². The summed E-state index contributed by atoms with van der Waals surface area (Å²) in [7, 11) is 0. The van der Waals surface area contributed by atoms with Gasteiger partial charge in [-0.05, 0) is 31.0 Å². The molecule has 0 atom stereocenters. The molecule has 0 amide bonds. The number of nitrogens with zero attached hydrogens (tertiary/aromatic N) is 1. The molecule has 108 valence electrons. The molecule has 1 aromatic rings. The molecule has 2 nitrogen and oxygen atoms in total. The van der Waals surface area contributed by atoms with E-state index in [2.05, 4.69) is 10.3 Å². The van der Waals surface area contributed by atoms with E-state index in [1.54, 1.807) is 11.8 Å². The van der Waals surface area contributed by atoms with E-state index in [0.29, 0.717) is 5.56 Å². The van der Waals surface area contributed by atoms with Gasteiger partial charge in [-0.1, -0.05) is 31.0 Å². The zero-order valence-electron chi connectivity index (χ0n) is 11.3. The molecule has 2 aliphatic rings. The molecule has 0 bridgehead atoms. The molecule has 1 saturated carbocycles. The van der Waals surface area contributed by atoms with Crippen LogP contribution in [-0.2, 0) is 6.54 Å². The van der Waals surface area contributed by atoms with Gasteiger partial charge in [-0.3, -0.25) is 4.99 Å². The Kier molecular flexibility index (Phi) is 3.96. The van der Waals surface area contributed by atoms with Gasteiger partial charge in [-0.2, -0.15) is 0 Å². The van der Waals surface area contributed by atoms with Crippen molar-refractivity contribution >= 4 is 16.9 Å². The fourth-order valence-corrected chi connectivity index (χ4v) is 4.13. The molecule has 1 saturated heterocycles. The number of thioether (sulfide) groups is 1. The minimum atomic E-state index is -0.419. The van der Waals surface area contributed by atoms with Crippen LogP contribution in [0.1, 0.15) is 37.7 Å². The van der Waals surface area contributed by atoms with Crippen LogP contribution in [0.25, 0.3) is 0 Å². The molecule has 3 rings (SSSR count). The van der Waals surface area contributed by atoms with Gasteiger partial charge in [-0.25, -0.2) is 8.78 Å². The minimum absolute atomic E-state index is 0.189. The van der Waals surface area contributed by atoms with Crippen molar-refractivity contribution in [3.05, 3.63) is 35.4 Å². The lowest BCUT2D eigenvalue weighted by Crippen LogP contribution is -2.45. The SMILES string of the molecule is Fc1ccc(F)c(CN=C2NC3(CCCCC3)CS2)c1. The van der Waals surface area contributed by atoms with Gasteiger partial charge >= 0.3 is 0 Å². The lowest BCUT2D eigenvalue weighted by molar-refractivity contribution is 0.303. The number of halogens is 2. The van der Waals surface area contributed by atoms with E-state index >= 15 is 0 Å². The fourth-order valence-electron chi connectivity index (χ4n) is 2.91. The molecule has 2 fully saturated rings. The predicted octanol–water partition coefficient (Wildman–Crippen LogP) is 3.86. The maximum atomic E-state index is 13.5. The van der Waals surface area contributed by atoms with Gasteiger partial charge in [0.2, 0.25) is 0 Å². The number of aliphatic imine (C=N–C) groups is 1. The lowest BCUT2D eigenvalue weighted by atomic mass is 9.83. The van der Waals surface area contributed by atoms with E-state index in [4.69, 9.17) is 0 Å². The molecule has 20 heavy (non-hydrogen) atoms. The summed E-state index contributed by atoms with van der Waals surface area (Å²) in [5, 5.41) is 4.38. The second kappa shape index (κ2) is 5.72. The lowest BCUT2D eigenvalue weighted by Gasteiger charge is -2.32. The molecule has 0 unspecified atom stereocenters. The summed E-state index contributed by atoms with van der Waals surface area (Å²) in [6.07, 6.45) is 6.22. The summed E-state index contributed by atoms with van der Waals surface area (Å²) >= 11 is 1.70. The molecule has 1 aromatic carbocycles. The highest BCUT2D eigenvalue weighted by atomic mass is 32.2. The average Bonchev–Trinajstić information content (AvgIpc) is 2.84. The smallest absolute Gasteiger partial charge is 0.157 e. The Morgan fingerprint density at radius 1 is 1.20 bits per heavy atom. The maximum Gasteiger partial charge on any atom is 0.157 e. The molecule has 1 N–H and O–H groups in total. The summed E-state index contributed by atoms with van der Waals surface area (Å²) in [5.74, 6) is 0.223. The Bertz CT molecular complexity index is 525. The van der Waals surface area contributed by atoms with Gasteiger partial charge in [0.1, 0.15) is 11.6 Å². The predicted molar refractivity (Wildman–Crippen MR) is 78.9 cm³/mol. The van der Waals surface area contributed by atoms with Crippen LogP contribution in [0.3, 0.4) is 0 Å². The Hall–Kier alpha value is -1.10. The molecule has 0 aromatic heterocycles. The number of nitrogens with one attached hydrogen (secondary N) is 1. The molecule has 1 spiro atoms. The van der Waals surface area contributed by atoms with Crippen molar-refractivity contribution in [1.29, 1.82) is 0 Å². The van der Waals surface area contributed by atoms with Crippen molar-refractivity contribution in [2.75, 3.05) is 5.75 Å². The van der Waals surface area contributed by atoms with Crippen LogP contribution < -0.4 is 5.32 Å². The van der Waals surface area contributed by atoms with Crippen LogP contribution in [0.4, 0.5) is 8.78 Å². The van der Waals surface area contributed by atoms with E-state index in [0.717, 1.165) is 23.1 Å². The number of hydrogen-bond acceptors (Lipinski definition) is 2. The van der Waals surface area contributed by atoms with Crippen molar-refractivity contribution in [3.8, 4) is 0 Å². The van der Waals surface area contributed by atoms with Crippen molar-refractivity contribution in [1.82, 2.24) is 5.32 Å². The van der Waals surface area contributed by atoms with E-state index in [9.17, 15) is 8.78 Å². The first-order valence-corrected chi connectivity index (χ1v) is 8.05. The van der Waals surface area contributed by atoms with Crippen molar-refractivity contribution in [2.45, 2.75) is 44.2 Å². The fraction of sp³-hybridized carbons (Fsp3) is 0.533. The molecular formula is C15H18F2N2S. The summed E-state index contributed by atoms with van der Waals surface area (Å²) in [6.45, 7) is 0.189. The quantitative estimate of drug-likeness (QED) is 0.896. The van der Waals surface area contributed by atoms with Crippen LogP contribution in [-0.4, -0.2) is 16.5 Å². The van der Waals surface area contributed by atoms with Crippen LogP contribution in [0.5, 0.6) is 0 Å². The third-order valence-electron chi connectivity index (χ3n) is 4.07. The Morgan fingerprint density at radius 3 is 2.80 bits per heavy atom. The number of amidine groups is 1. The first kappa shape index (κ1) is 13.9. The van der Waals surface area contributed by atoms with E-state index in [-0.39, 0.29) is 12.1 Å². The van der Waals surface area contributed by atoms with Gasteiger partial charge in [0.25, 0.3) is 0 Å². The van der Waals surface area contributed by atoms with E-state index in [1.807, 2.05) is 0 Å². The normalized spacial score (nSPS) is 23.2. The monoisotopic (exact) mass is 296 g/mol. The zero-order valence-corrected chi connectivity index (χ0v) is 12.1. The summed E-state index contributed by atoms with van der Waals surface area (Å²) in [5.41, 5.74) is 0.506. The first-order chi connectivity index (χ1) is 9.67. The van der Waals surface area contributed by atoms with Crippen LogP contribution in [0, 0.1) is 11.6 Å². The van der Waals surface area contributed by atoms with E-state index < -0.39 is 11.6 Å². The highest BCUT2D eigenvalue weighted by Gasteiger charge is 2.37. The van der Waals surface area contributed by atoms with Gasteiger partial charge in [0.15, 0.2) is 5.17 Å². The topological polar surface area (TPSA) is 24.4 Å². The van der Waals surface area contributed by atoms with Gasteiger partial charge < -0.3 is 5.32 Å². The molecule has 0 radical (unpaired) electrons. The molecule has 5 heteroatoms. The maximum absolute atomic E-state index is 13.5. The standard InChI is InChI=1S/C15H18F2N2S/c16-12-4-5-13(17)11(8-12)9-18-14-19-15(10-20-14)6-2-1-3-7-15/h4-5,8H,1-3,6-7,9-10H2,(H,18,19). The molecular weight excluding hydrogens is 278 g/mol. The van der Waals surface area contributed by atoms with Crippen LogP contribution in [0.2, 0.25) is 0 Å². The number of benzene rings is 1. The highest BCUT2D eigenvalue weighted by molar-refractivity contribution is 8.14. The second-order valence-corrected chi connectivity index (χ2v) is 6.58. The summed E-state index contributed by atoms with van der Waals surface area (Å²) in [4.78, 5) is 4.41. The molecule has 1 aliphatic carbocycles. The van der Waals surface area contributed by atoms with Crippen LogP contribution in [0.15, 0.2) is 23.2 Å². The Morgan fingerprint density at radius 2 is 2.00 bits per heavy atom. The second-order valence-electron chi connectivity index (χ2n) is 5.61. The van der Waals surface area contributed by atoms with Gasteiger partial charge in [0.05, 0.1) is 6.54 Å². The molecule has 1 aliphatic heterocycles. The first-order valence-electron chi connectivity index (χ1n) is 7.06. The van der Waals surface area contributed by atoms with Gasteiger partial charge in [0, 0.05) is 16.9 Å². The number of rotatable bonds is 2. The van der Waals surface area contributed by atoms with Crippen molar-refractivity contribution < 1.29 is 8.78 Å². The Labute approximate surface area is 122 Å². The third-order valence-corrected chi connectivity index (χ3v) is 5.27. The van der Waals surface area contributed by atoms with E-state index in [1.165, 1.54) is 38.2 Å². The zero-order chi connectivity index (χ0) is 14.0. The number of hydrogen-bond donors (Lipinski definition) is 1. The summed E-state index contributed by atoms with van der Waals surface area (Å²) in [6, 6.07) is 3.50. The van der Waals surface area contributed by atoms with Crippen molar-refractivity contribution in [3.63, 3.8) is 0 Å².